The Balaban J connectivity index is 2.57. The van der Waals surface area contributed by atoms with Crippen molar-refractivity contribution in [3.05, 3.63) is 29.8 Å². The average Bonchev–Trinajstić information content (AvgIpc) is 2.19. The van der Waals surface area contributed by atoms with Gasteiger partial charge in [-0.3, -0.25) is 4.79 Å². The normalized spacial score (nSPS) is 10.8. The molecule has 0 saturated heterocycles. The van der Waals surface area contributed by atoms with Crippen LogP contribution in [0.25, 0.3) is 0 Å². The van der Waals surface area contributed by atoms with Crippen molar-refractivity contribution in [2.24, 2.45) is 0 Å². The number of hydrogen-bond acceptors (Lipinski definition) is 4. The first-order valence-electron chi connectivity index (χ1n) is 4.41. The number of halogens is 1. The molecule has 88 valence electrons. The Labute approximate surface area is 98.0 Å². The smallest absolute Gasteiger partial charge is 0.371 e. The zero-order valence-electron chi connectivity index (χ0n) is 8.22. The highest BCUT2D eigenvalue weighted by Crippen LogP contribution is 2.15. The van der Waals surface area contributed by atoms with Crippen molar-refractivity contribution in [3.8, 4) is 5.75 Å². The van der Waals surface area contributed by atoms with Gasteiger partial charge in [-0.2, -0.15) is 8.42 Å². The third kappa shape index (κ3) is 4.99. The zero-order valence-corrected chi connectivity index (χ0v) is 9.79. The Hall–Kier alpha value is -1.27. The van der Waals surface area contributed by atoms with Crippen LogP contribution in [0.15, 0.2) is 24.3 Å². The first-order chi connectivity index (χ1) is 7.51. The predicted molar refractivity (Wildman–Crippen MR) is 59.6 cm³/mol. The lowest BCUT2D eigenvalue weighted by Crippen LogP contribution is -2.14. The van der Waals surface area contributed by atoms with E-state index in [0.29, 0.717) is 19.4 Å². The molecule has 1 rings (SSSR count). The molecule has 1 aromatic rings. The highest BCUT2D eigenvalue weighted by molar-refractivity contribution is 8.10. The van der Waals surface area contributed by atoms with Crippen molar-refractivity contribution in [1.82, 2.24) is 5.32 Å². The van der Waals surface area contributed by atoms with Crippen LogP contribution >= 0.6 is 10.7 Å². The second-order valence-electron chi connectivity index (χ2n) is 2.94. The summed E-state index contributed by atoms with van der Waals surface area (Å²) in [6.45, 7) is 0.525. The van der Waals surface area contributed by atoms with E-state index in [2.05, 4.69) is 9.50 Å². The second-order valence-corrected chi connectivity index (χ2v) is 5.03. The maximum absolute atomic E-state index is 10.6. The predicted octanol–water partition coefficient (Wildman–Crippen LogP) is 0.837. The molecule has 0 aliphatic carbocycles. The second kappa shape index (κ2) is 5.72. The first-order valence-corrected chi connectivity index (χ1v) is 6.65. The van der Waals surface area contributed by atoms with Gasteiger partial charge in [0.25, 0.3) is 0 Å². The van der Waals surface area contributed by atoms with Crippen LogP contribution in [0.4, 0.5) is 0 Å². The SMILES string of the molecule is O=CNCCc1ccc(OS(=O)(=O)Cl)cc1. The molecule has 0 fully saturated rings. The number of carbonyl (C=O) groups is 1. The highest BCUT2D eigenvalue weighted by Gasteiger charge is 2.06. The standard InChI is InChI=1S/C9H10ClNO4S/c10-16(13,14)15-9-3-1-8(2-4-9)5-6-11-7-12/h1-4,7H,5-6H2,(H,11,12). The Kier molecular flexibility index (Phi) is 4.57. The maximum atomic E-state index is 10.6. The topological polar surface area (TPSA) is 72.5 Å². The summed E-state index contributed by atoms with van der Waals surface area (Å²) in [7, 11) is 0.914. The third-order valence-corrected chi connectivity index (χ3v) is 2.34. The van der Waals surface area contributed by atoms with Gasteiger partial charge in [0.05, 0.1) is 10.7 Å². The molecule has 16 heavy (non-hydrogen) atoms. The Bertz CT molecular complexity index is 443. The molecular weight excluding hydrogens is 254 g/mol. The molecule has 0 heterocycles. The summed E-state index contributed by atoms with van der Waals surface area (Å²) in [6.07, 6.45) is 1.28. The van der Waals surface area contributed by atoms with E-state index in [-0.39, 0.29) is 5.75 Å². The lowest BCUT2D eigenvalue weighted by Gasteiger charge is -2.03. The molecule has 0 unspecified atom stereocenters. The quantitative estimate of drug-likeness (QED) is 0.469. The van der Waals surface area contributed by atoms with Gasteiger partial charge in [0.1, 0.15) is 5.75 Å². The highest BCUT2D eigenvalue weighted by atomic mass is 35.7. The third-order valence-electron chi connectivity index (χ3n) is 1.76. The molecule has 1 N–H and O–H groups in total. The summed E-state index contributed by atoms with van der Waals surface area (Å²) < 4.78 is 25.6. The van der Waals surface area contributed by atoms with Crippen molar-refractivity contribution >= 4 is 26.4 Å². The molecule has 0 bridgehead atoms. The minimum absolute atomic E-state index is 0.155. The van der Waals surface area contributed by atoms with Gasteiger partial charge in [0.15, 0.2) is 0 Å². The molecule has 7 heteroatoms. The summed E-state index contributed by atoms with van der Waals surface area (Å²) in [5.74, 6) is 0.155. The van der Waals surface area contributed by atoms with Crippen molar-refractivity contribution in [2.45, 2.75) is 6.42 Å². The van der Waals surface area contributed by atoms with Crippen molar-refractivity contribution in [3.63, 3.8) is 0 Å². The maximum Gasteiger partial charge on any atom is 0.401 e. The van der Waals surface area contributed by atoms with Crippen LogP contribution in [-0.2, 0) is 20.5 Å². The van der Waals surface area contributed by atoms with E-state index in [9.17, 15) is 13.2 Å². The summed E-state index contributed by atoms with van der Waals surface area (Å²) in [5.41, 5.74) is 0.952. The molecule has 0 spiro atoms. The van der Waals surface area contributed by atoms with E-state index >= 15 is 0 Å². The summed E-state index contributed by atoms with van der Waals surface area (Å²) in [4.78, 5) is 9.99. The van der Waals surface area contributed by atoms with Crippen LogP contribution in [0, 0.1) is 0 Å². The van der Waals surface area contributed by atoms with Crippen molar-refractivity contribution in [2.75, 3.05) is 6.54 Å². The van der Waals surface area contributed by atoms with Crippen LogP contribution in [0.1, 0.15) is 5.56 Å². The molecule has 0 atom stereocenters. The van der Waals surface area contributed by atoms with E-state index in [4.69, 9.17) is 10.7 Å². The summed E-state index contributed by atoms with van der Waals surface area (Å²) in [5, 5.41) is 2.52. The molecule has 0 aliphatic heterocycles. The number of rotatable bonds is 6. The number of carbonyl (C=O) groups excluding carboxylic acids is 1. The van der Waals surface area contributed by atoms with Crippen LogP contribution < -0.4 is 9.50 Å². The Morgan fingerprint density at radius 2 is 1.94 bits per heavy atom. The number of hydrogen-bond donors (Lipinski definition) is 1. The van der Waals surface area contributed by atoms with Crippen molar-refractivity contribution < 1.29 is 17.4 Å². The largest absolute Gasteiger partial charge is 0.401 e. The minimum atomic E-state index is -4.00. The number of benzene rings is 1. The molecule has 1 amide bonds. The van der Waals surface area contributed by atoms with Gasteiger partial charge >= 0.3 is 9.33 Å². The molecule has 0 saturated carbocycles. The summed E-state index contributed by atoms with van der Waals surface area (Å²) in [6, 6.07) is 6.39. The van der Waals surface area contributed by atoms with E-state index in [1.54, 1.807) is 12.1 Å². The van der Waals surface area contributed by atoms with E-state index in [1.807, 2.05) is 0 Å². The van der Waals surface area contributed by atoms with E-state index in [1.165, 1.54) is 12.1 Å². The molecule has 1 aromatic carbocycles. The fourth-order valence-corrected chi connectivity index (χ4v) is 1.66. The van der Waals surface area contributed by atoms with Crippen LogP contribution in [0.2, 0.25) is 0 Å². The average molecular weight is 264 g/mol. The Morgan fingerprint density at radius 3 is 2.44 bits per heavy atom. The van der Waals surface area contributed by atoms with Gasteiger partial charge in [0, 0.05) is 6.54 Å². The number of nitrogens with one attached hydrogen (secondary N) is 1. The summed E-state index contributed by atoms with van der Waals surface area (Å²) >= 11 is 0. The lowest BCUT2D eigenvalue weighted by atomic mass is 10.1. The van der Waals surface area contributed by atoms with E-state index < -0.39 is 9.33 Å². The van der Waals surface area contributed by atoms with Gasteiger partial charge in [-0.1, -0.05) is 12.1 Å². The van der Waals surface area contributed by atoms with Crippen LogP contribution in [0.3, 0.4) is 0 Å². The van der Waals surface area contributed by atoms with Gasteiger partial charge in [0.2, 0.25) is 6.41 Å². The fourth-order valence-electron chi connectivity index (χ4n) is 1.10. The van der Waals surface area contributed by atoms with Gasteiger partial charge in [-0.25, -0.2) is 0 Å². The van der Waals surface area contributed by atoms with E-state index in [0.717, 1.165) is 5.56 Å². The minimum Gasteiger partial charge on any atom is -0.371 e. The van der Waals surface area contributed by atoms with Crippen molar-refractivity contribution in [1.29, 1.82) is 0 Å². The molecular formula is C9H10ClNO4S. The van der Waals surface area contributed by atoms with Gasteiger partial charge in [-0.05, 0) is 24.1 Å². The molecule has 0 aliphatic rings. The molecule has 0 aromatic heterocycles. The monoisotopic (exact) mass is 263 g/mol. The first kappa shape index (κ1) is 12.8. The molecule has 5 nitrogen and oxygen atoms in total. The fraction of sp³-hybridized carbons (Fsp3) is 0.222. The molecule has 0 radical (unpaired) electrons. The Morgan fingerprint density at radius 1 is 1.31 bits per heavy atom. The van der Waals surface area contributed by atoms with Crippen LogP contribution in [-0.4, -0.2) is 21.4 Å². The van der Waals surface area contributed by atoms with Gasteiger partial charge in [-0.15, -0.1) is 0 Å². The zero-order chi connectivity index (χ0) is 12.0. The lowest BCUT2D eigenvalue weighted by molar-refractivity contribution is -0.109. The van der Waals surface area contributed by atoms with Crippen LogP contribution in [0.5, 0.6) is 5.75 Å². The number of amides is 1. The van der Waals surface area contributed by atoms with Gasteiger partial charge < -0.3 is 9.50 Å².